The predicted octanol–water partition coefficient (Wildman–Crippen LogP) is 2.68. The van der Waals surface area contributed by atoms with Crippen LogP contribution in [0.3, 0.4) is 0 Å². The predicted molar refractivity (Wildman–Crippen MR) is 102 cm³/mol. The van der Waals surface area contributed by atoms with E-state index < -0.39 is 0 Å². The molecule has 1 N–H and O–H groups in total. The van der Waals surface area contributed by atoms with Crippen LogP contribution < -0.4 is 17.0 Å². The standard InChI is InChI=1S/C21H44NO.BrH/c1-4-5-6-7-8-9-10-11-12-13-16-19-22(2,3)20-17-14-15-18-21(20)23;/h20-21,23H,4-19H2,1-3H3;1H/q+1;/p-1. The van der Waals surface area contributed by atoms with Gasteiger partial charge in [-0.2, -0.15) is 0 Å². The normalized spacial score (nSPS) is 21.5. The quantitative estimate of drug-likeness (QED) is 0.368. The minimum absolute atomic E-state index is 0. The number of likely N-dealkylation sites (N-methyl/N-ethyl adjacent to an activating group) is 1. The van der Waals surface area contributed by atoms with Gasteiger partial charge in [0.25, 0.3) is 0 Å². The SMILES string of the molecule is CCCCCCCCCCCCC[N+](C)(C)C1CCCCC1O.[Br-]. The topological polar surface area (TPSA) is 20.2 Å². The number of hydrogen-bond donors (Lipinski definition) is 1. The molecule has 0 aliphatic heterocycles. The molecule has 3 heteroatoms. The molecule has 0 amide bonds. The number of rotatable bonds is 13. The zero-order valence-electron chi connectivity index (χ0n) is 16.7. The van der Waals surface area contributed by atoms with E-state index in [0.29, 0.717) is 6.04 Å². The first-order valence-corrected chi connectivity index (χ1v) is 10.6. The maximum Gasteiger partial charge on any atom is 0.115 e. The largest absolute Gasteiger partial charge is 1.00 e. The van der Waals surface area contributed by atoms with E-state index in [1.807, 2.05) is 0 Å². The molecule has 0 radical (unpaired) electrons. The molecule has 0 bridgehead atoms. The molecule has 0 aromatic carbocycles. The van der Waals surface area contributed by atoms with E-state index in [-0.39, 0.29) is 23.1 Å². The summed E-state index contributed by atoms with van der Waals surface area (Å²) in [5.74, 6) is 0. The van der Waals surface area contributed by atoms with Crippen molar-refractivity contribution in [2.75, 3.05) is 20.6 Å². The lowest BCUT2D eigenvalue weighted by molar-refractivity contribution is -0.920. The Morgan fingerprint density at radius 1 is 0.750 bits per heavy atom. The van der Waals surface area contributed by atoms with Gasteiger partial charge in [0.2, 0.25) is 0 Å². The molecule has 2 unspecified atom stereocenters. The smallest absolute Gasteiger partial charge is 0.115 e. The van der Waals surface area contributed by atoms with Gasteiger partial charge in [-0.25, -0.2) is 0 Å². The minimum Gasteiger partial charge on any atom is -1.00 e. The fourth-order valence-electron chi connectivity index (χ4n) is 4.26. The van der Waals surface area contributed by atoms with Crippen molar-refractivity contribution in [3.05, 3.63) is 0 Å². The van der Waals surface area contributed by atoms with Crippen LogP contribution in [0.4, 0.5) is 0 Å². The minimum atomic E-state index is -0.0635. The molecule has 146 valence electrons. The third-order valence-electron chi connectivity index (χ3n) is 5.93. The lowest BCUT2D eigenvalue weighted by Gasteiger charge is -2.42. The fourth-order valence-corrected chi connectivity index (χ4v) is 4.26. The van der Waals surface area contributed by atoms with Crippen LogP contribution in [-0.4, -0.2) is 42.4 Å². The third-order valence-corrected chi connectivity index (χ3v) is 5.93. The average molecular weight is 406 g/mol. The Hall–Kier alpha value is 0.400. The van der Waals surface area contributed by atoms with Crippen LogP contribution in [0, 0.1) is 0 Å². The summed E-state index contributed by atoms with van der Waals surface area (Å²) in [5.41, 5.74) is 0. The second kappa shape index (κ2) is 14.6. The van der Waals surface area contributed by atoms with E-state index in [9.17, 15) is 5.11 Å². The number of quaternary nitrogens is 1. The Morgan fingerprint density at radius 2 is 1.21 bits per heavy atom. The number of halogens is 1. The molecule has 1 aliphatic carbocycles. The van der Waals surface area contributed by atoms with Gasteiger partial charge in [0, 0.05) is 6.42 Å². The van der Waals surface area contributed by atoms with Crippen molar-refractivity contribution >= 4 is 0 Å². The zero-order chi connectivity index (χ0) is 17.0. The van der Waals surface area contributed by atoms with Crippen molar-refractivity contribution in [1.82, 2.24) is 0 Å². The van der Waals surface area contributed by atoms with E-state index in [1.54, 1.807) is 0 Å². The van der Waals surface area contributed by atoms with Crippen LogP contribution in [0.2, 0.25) is 0 Å². The summed E-state index contributed by atoms with van der Waals surface area (Å²) in [6, 6.07) is 0.479. The molecular weight excluding hydrogens is 362 g/mol. The Kier molecular flexibility index (Phi) is 14.8. The number of unbranched alkanes of at least 4 members (excludes halogenated alkanes) is 10. The molecule has 1 rings (SSSR count). The summed E-state index contributed by atoms with van der Waals surface area (Å²) >= 11 is 0. The van der Waals surface area contributed by atoms with Crippen molar-refractivity contribution in [3.8, 4) is 0 Å². The van der Waals surface area contributed by atoms with Crippen molar-refractivity contribution < 1.29 is 26.6 Å². The summed E-state index contributed by atoms with van der Waals surface area (Å²) in [6.07, 6.45) is 20.2. The number of aliphatic hydroxyl groups excluding tert-OH is 1. The summed E-state index contributed by atoms with van der Waals surface area (Å²) in [7, 11) is 4.66. The van der Waals surface area contributed by atoms with Gasteiger partial charge in [0.15, 0.2) is 0 Å². The highest BCUT2D eigenvalue weighted by molar-refractivity contribution is 4.75. The first kappa shape index (κ1) is 24.4. The van der Waals surface area contributed by atoms with Crippen molar-refractivity contribution in [2.24, 2.45) is 0 Å². The second-order valence-corrected chi connectivity index (χ2v) is 8.46. The molecule has 0 aromatic rings. The van der Waals surface area contributed by atoms with Crippen molar-refractivity contribution in [3.63, 3.8) is 0 Å². The molecule has 2 atom stereocenters. The highest BCUT2D eigenvalue weighted by atomic mass is 79.9. The third kappa shape index (κ3) is 10.4. The van der Waals surface area contributed by atoms with Crippen LogP contribution >= 0.6 is 0 Å². The first-order valence-electron chi connectivity index (χ1n) is 10.6. The van der Waals surface area contributed by atoms with Gasteiger partial charge in [0.05, 0.1) is 20.6 Å². The van der Waals surface area contributed by atoms with Crippen LogP contribution in [0.25, 0.3) is 0 Å². The lowest BCUT2D eigenvalue weighted by atomic mass is 9.90. The van der Waals surface area contributed by atoms with Crippen molar-refractivity contribution in [2.45, 2.75) is 115 Å². The number of nitrogens with zero attached hydrogens (tertiary/aromatic N) is 1. The van der Waals surface area contributed by atoms with E-state index in [4.69, 9.17) is 0 Å². The number of aliphatic hydroxyl groups is 1. The highest BCUT2D eigenvalue weighted by Gasteiger charge is 2.35. The molecule has 0 spiro atoms. The van der Waals surface area contributed by atoms with Gasteiger partial charge in [-0.05, 0) is 25.7 Å². The van der Waals surface area contributed by atoms with Gasteiger partial charge >= 0.3 is 0 Å². The summed E-state index contributed by atoms with van der Waals surface area (Å²) in [5, 5.41) is 10.3. The molecule has 1 fully saturated rings. The summed E-state index contributed by atoms with van der Waals surface area (Å²) in [4.78, 5) is 0. The fraction of sp³-hybridized carbons (Fsp3) is 1.00. The van der Waals surface area contributed by atoms with Crippen LogP contribution in [0.1, 0.15) is 103 Å². The van der Waals surface area contributed by atoms with Crippen LogP contribution in [0.15, 0.2) is 0 Å². The summed E-state index contributed by atoms with van der Waals surface area (Å²) in [6.45, 7) is 3.52. The molecule has 0 aromatic heterocycles. The molecule has 24 heavy (non-hydrogen) atoms. The Balaban J connectivity index is 0.00000529. The maximum absolute atomic E-state index is 10.3. The molecule has 0 heterocycles. The van der Waals surface area contributed by atoms with Gasteiger partial charge in [-0.1, -0.05) is 71.1 Å². The van der Waals surface area contributed by atoms with Crippen molar-refractivity contribution in [1.29, 1.82) is 0 Å². The Labute approximate surface area is 162 Å². The van der Waals surface area contributed by atoms with Gasteiger partial charge in [-0.15, -0.1) is 0 Å². The average Bonchev–Trinajstić information content (AvgIpc) is 2.53. The number of hydrogen-bond acceptors (Lipinski definition) is 1. The Bertz CT molecular complexity index is 283. The Morgan fingerprint density at radius 3 is 1.71 bits per heavy atom. The first-order chi connectivity index (χ1) is 11.1. The van der Waals surface area contributed by atoms with E-state index in [2.05, 4.69) is 21.0 Å². The molecular formula is C21H44BrNO. The monoisotopic (exact) mass is 405 g/mol. The van der Waals surface area contributed by atoms with Crippen LogP contribution in [0.5, 0.6) is 0 Å². The van der Waals surface area contributed by atoms with Crippen LogP contribution in [-0.2, 0) is 0 Å². The maximum atomic E-state index is 10.3. The van der Waals surface area contributed by atoms with Gasteiger partial charge in [0.1, 0.15) is 12.1 Å². The van der Waals surface area contributed by atoms with E-state index >= 15 is 0 Å². The molecule has 1 aliphatic rings. The zero-order valence-corrected chi connectivity index (χ0v) is 18.3. The molecule has 2 nitrogen and oxygen atoms in total. The second-order valence-electron chi connectivity index (χ2n) is 8.46. The molecule has 1 saturated carbocycles. The van der Waals surface area contributed by atoms with Gasteiger partial charge in [-0.3, -0.25) is 0 Å². The molecule has 0 saturated heterocycles. The summed E-state index contributed by atoms with van der Waals surface area (Å²) < 4.78 is 1.03. The van der Waals surface area contributed by atoms with E-state index in [1.165, 1.54) is 96.4 Å². The highest BCUT2D eigenvalue weighted by Crippen LogP contribution is 2.26. The lowest BCUT2D eigenvalue weighted by Crippen LogP contribution is -3.00. The van der Waals surface area contributed by atoms with E-state index in [0.717, 1.165) is 10.9 Å². The van der Waals surface area contributed by atoms with Gasteiger partial charge < -0.3 is 26.6 Å².